The third kappa shape index (κ3) is 5.19. The normalized spacial score (nSPS) is 15.7. The minimum atomic E-state index is -3.44. The van der Waals surface area contributed by atoms with E-state index in [9.17, 15) is 8.42 Å². The SMILES string of the molecule is CCc1ccccc1NC(=S)N1CCN(S(=O)(=O)/C=C/c2ccccc2)CC1. The topological polar surface area (TPSA) is 52.6 Å². The van der Waals surface area contributed by atoms with Crippen LogP contribution >= 0.6 is 12.2 Å². The fourth-order valence-corrected chi connectivity index (χ4v) is 4.57. The number of para-hydroxylation sites is 1. The number of nitrogens with one attached hydrogen (secondary N) is 1. The maximum absolute atomic E-state index is 12.6. The molecule has 0 radical (unpaired) electrons. The minimum Gasteiger partial charge on any atom is -0.346 e. The predicted octanol–water partition coefficient (Wildman–Crippen LogP) is 3.56. The molecule has 28 heavy (non-hydrogen) atoms. The molecule has 0 atom stereocenters. The molecule has 1 fully saturated rings. The Morgan fingerprint density at radius 3 is 2.36 bits per heavy atom. The van der Waals surface area contributed by atoms with Crippen molar-refractivity contribution in [2.24, 2.45) is 0 Å². The summed E-state index contributed by atoms with van der Waals surface area (Å²) >= 11 is 5.54. The molecule has 1 aliphatic heterocycles. The van der Waals surface area contributed by atoms with Crippen molar-refractivity contribution in [1.82, 2.24) is 9.21 Å². The average Bonchev–Trinajstić information content (AvgIpc) is 2.73. The second-order valence-corrected chi connectivity index (χ2v) is 8.79. The second-order valence-electron chi connectivity index (χ2n) is 6.59. The summed E-state index contributed by atoms with van der Waals surface area (Å²) in [5.41, 5.74) is 3.08. The number of aryl methyl sites for hydroxylation is 1. The van der Waals surface area contributed by atoms with Gasteiger partial charge in [-0.25, -0.2) is 8.42 Å². The first-order valence-electron chi connectivity index (χ1n) is 9.36. The van der Waals surface area contributed by atoms with E-state index in [1.807, 2.05) is 53.4 Å². The molecular weight excluding hydrogens is 390 g/mol. The second kappa shape index (κ2) is 9.32. The van der Waals surface area contributed by atoms with Gasteiger partial charge in [-0.05, 0) is 41.9 Å². The van der Waals surface area contributed by atoms with Gasteiger partial charge in [0.2, 0.25) is 10.0 Å². The smallest absolute Gasteiger partial charge is 0.236 e. The monoisotopic (exact) mass is 415 g/mol. The fourth-order valence-electron chi connectivity index (χ4n) is 3.11. The standard InChI is InChI=1S/C21H25N3O2S2/c1-2-19-10-6-7-11-20(19)22-21(27)23-13-15-24(16-14-23)28(25,26)17-12-18-8-4-3-5-9-18/h3-12,17H,2,13-16H2,1H3,(H,22,27)/b17-12+. The van der Waals surface area contributed by atoms with Crippen molar-refractivity contribution < 1.29 is 8.42 Å². The molecule has 0 aromatic heterocycles. The third-order valence-electron chi connectivity index (χ3n) is 4.76. The molecule has 1 heterocycles. The molecule has 2 aromatic carbocycles. The Labute approximate surface area is 172 Å². The summed E-state index contributed by atoms with van der Waals surface area (Å²) in [4.78, 5) is 2.02. The zero-order valence-electron chi connectivity index (χ0n) is 15.9. The van der Waals surface area contributed by atoms with E-state index in [-0.39, 0.29) is 0 Å². The number of anilines is 1. The Morgan fingerprint density at radius 1 is 1.04 bits per heavy atom. The Bertz CT molecular complexity index is 935. The molecule has 1 saturated heterocycles. The van der Waals surface area contributed by atoms with E-state index in [0.29, 0.717) is 31.3 Å². The van der Waals surface area contributed by atoms with Gasteiger partial charge in [0.05, 0.1) is 0 Å². The Balaban J connectivity index is 1.57. The fraction of sp³-hybridized carbons (Fsp3) is 0.286. The highest BCUT2D eigenvalue weighted by molar-refractivity contribution is 7.92. The molecule has 1 N–H and O–H groups in total. The molecule has 3 rings (SSSR count). The Kier molecular flexibility index (Phi) is 6.83. The van der Waals surface area contributed by atoms with Crippen molar-refractivity contribution in [3.05, 3.63) is 71.1 Å². The summed E-state index contributed by atoms with van der Waals surface area (Å²) in [5.74, 6) is 0. The van der Waals surface area contributed by atoms with Gasteiger partial charge in [-0.1, -0.05) is 55.5 Å². The molecule has 0 spiro atoms. The van der Waals surface area contributed by atoms with Crippen LogP contribution in [0.1, 0.15) is 18.1 Å². The number of sulfonamides is 1. The summed E-state index contributed by atoms with van der Waals surface area (Å²) in [7, 11) is -3.44. The van der Waals surface area contributed by atoms with E-state index in [1.54, 1.807) is 6.08 Å². The van der Waals surface area contributed by atoms with Gasteiger partial charge in [-0.15, -0.1) is 0 Å². The van der Waals surface area contributed by atoms with E-state index < -0.39 is 10.0 Å². The molecule has 7 heteroatoms. The van der Waals surface area contributed by atoms with Crippen LogP contribution in [0.4, 0.5) is 5.69 Å². The van der Waals surface area contributed by atoms with Crippen LogP contribution in [-0.4, -0.2) is 48.9 Å². The maximum Gasteiger partial charge on any atom is 0.236 e. The highest BCUT2D eigenvalue weighted by Crippen LogP contribution is 2.17. The van der Waals surface area contributed by atoms with Crippen LogP contribution in [0.5, 0.6) is 0 Å². The summed E-state index contributed by atoms with van der Waals surface area (Å²) in [6.07, 6.45) is 2.56. The molecule has 5 nitrogen and oxygen atoms in total. The van der Waals surface area contributed by atoms with Crippen LogP contribution in [-0.2, 0) is 16.4 Å². The number of piperazine rings is 1. The predicted molar refractivity (Wildman–Crippen MR) is 120 cm³/mol. The molecule has 1 aliphatic rings. The summed E-state index contributed by atoms with van der Waals surface area (Å²) in [6, 6.07) is 17.5. The highest BCUT2D eigenvalue weighted by atomic mass is 32.2. The van der Waals surface area contributed by atoms with Gasteiger partial charge in [0.1, 0.15) is 0 Å². The van der Waals surface area contributed by atoms with Crippen molar-refractivity contribution in [3.8, 4) is 0 Å². The number of nitrogens with zero attached hydrogens (tertiary/aromatic N) is 2. The van der Waals surface area contributed by atoms with Gasteiger partial charge in [0.15, 0.2) is 5.11 Å². The van der Waals surface area contributed by atoms with E-state index in [4.69, 9.17) is 12.2 Å². The van der Waals surface area contributed by atoms with Gasteiger partial charge in [0.25, 0.3) is 0 Å². The number of thiocarbonyl (C=S) groups is 1. The summed E-state index contributed by atoms with van der Waals surface area (Å²) in [6.45, 7) is 4.07. The first-order chi connectivity index (χ1) is 13.5. The largest absolute Gasteiger partial charge is 0.346 e. The molecule has 2 aromatic rings. The van der Waals surface area contributed by atoms with Gasteiger partial charge < -0.3 is 10.2 Å². The average molecular weight is 416 g/mol. The van der Waals surface area contributed by atoms with Crippen molar-refractivity contribution in [2.75, 3.05) is 31.5 Å². The van der Waals surface area contributed by atoms with Gasteiger partial charge in [0, 0.05) is 37.3 Å². The van der Waals surface area contributed by atoms with Crippen LogP contribution in [0, 0.1) is 0 Å². The van der Waals surface area contributed by atoms with E-state index in [2.05, 4.69) is 18.3 Å². The third-order valence-corrected chi connectivity index (χ3v) is 6.68. The molecule has 0 saturated carbocycles. The lowest BCUT2D eigenvalue weighted by Gasteiger charge is -2.35. The van der Waals surface area contributed by atoms with Crippen molar-refractivity contribution >= 4 is 39.1 Å². The molecule has 0 bridgehead atoms. The molecule has 0 unspecified atom stereocenters. The van der Waals surface area contributed by atoms with Crippen LogP contribution in [0.2, 0.25) is 0 Å². The zero-order chi connectivity index (χ0) is 20.0. The van der Waals surface area contributed by atoms with Crippen LogP contribution in [0.25, 0.3) is 6.08 Å². The zero-order valence-corrected chi connectivity index (χ0v) is 17.5. The van der Waals surface area contributed by atoms with Crippen molar-refractivity contribution in [3.63, 3.8) is 0 Å². The Hall–Kier alpha value is -2.22. The Morgan fingerprint density at radius 2 is 1.68 bits per heavy atom. The lowest BCUT2D eigenvalue weighted by Crippen LogP contribution is -2.51. The van der Waals surface area contributed by atoms with Gasteiger partial charge in [-0.2, -0.15) is 4.31 Å². The van der Waals surface area contributed by atoms with Crippen molar-refractivity contribution in [2.45, 2.75) is 13.3 Å². The number of hydrogen-bond donors (Lipinski definition) is 1. The van der Waals surface area contributed by atoms with Crippen molar-refractivity contribution in [1.29, 1.82) is 0 Å². The number of hydrogen-bond acceptors (Lipinski definition) is 3. The number of benzene rings is 2. The molecule has 148 valence electrons. The van der Waals surface area contributed by atoms with E-state index in [0.717, 1.165) is 17.7 Å². The summed E-state index contributed by atoms with van der Waals surface area (Å²) < 4.78 is 26.7. The van der Waals surface area contributed by atoms with Crippen LogP contribution in [0.3, 0.4) is 0 Å². The maximum atomic E-state index is 12.6. The lowest BCUT2D eigenvalue weighted by molar-refractivity contribution is 0.270. The van der Waals surface area contributed by atoms with E-state index in [1.165, 1.54) is 15.3 Å². The first-order valence-corrected chi connectivity index (χ1v) is 11.3. The van der Waals surface area contributed by atoms with Gasteiger partial charge >= 0.3 is 0 Å². The first kappa shape index (κ1) is 20.5. The highest BCUT2D eigenvalue weighted by Gasteiger charge is 2.26. The minimum absolute atomic E-state index is 0.415. The quantitative estimate of drug-likeness (QED) is 0.757. The molecule has 0 aliphatic carbocycles. The van der Waals surface area contributed by atoms with Gasteiger partial charge in [-0.3, -0.25) is 0 Å². The van der Waals surface area contributed by atoms with E-state index >= 15 is 0 Å². The molecule has 0 amide bonds. The number of rotatable bonds is 5. The van der Waals surface area contributed by atoms with Crippen LogP contribution < -0.4 is 5.32 Å². The summed E-state index contributed by atoms with van der Waals surface area (Å²) in [5, 5.41) is 5.23. The lowest BCUT2D eigenvalue weighted by atomic mass is 10.1. The van der Waals surface area contributed by atoms with Crippen LogP contribution in [0.15, 0.2) is 60.0 Å². The molecular formula is C21H25N3O2S2.